The number of fused-ring (bicyclic) bond motifs is 1. The summed E-state index contributed by atoms with van der Waals surface area (Å²) in [7, 11) is 0. The molecule has 130 valence electrons. The molecule has 0 spiro atoms. The zero-order valence-corrected chi connectivity index (χ0v) is 15.3. The van der Waals surface area contributed by atoms with Crippen molar-refractivity contribution >= 4 is 28.7 Å². The zero-order chi connectivity index (χ0) is 17.9. The monoisotopic (exact) mass is 361 g/mol. The highest BCUT2D eigenvalue weighted by Crippen LogP contribution is 2.22. The molecule has 0 atom stereocenters. The van der Waals surface area contributed by atoms with E-state index in [9.17, 15) is 4.79 Å². The minimum atomic E-state index is -0.0941. The number of nitrogens with zero attached hydrogens (tertiary/aromatic N) is 2. The number of carbonyl (C=O) groups is 1. The van der Waals surface area contributed by atoms with E-state index in [0.29, 0.717) is 4.88 Å². The van der Waals surface area contributed by atoms with Gasteiger partial charge in [0.15, 0.2) is 0 Å². The normalized spacial score (nSPS) is 11.0. The van der Waals surface area contributed by atoms with E-state index in [1.54, 1.807) is 0 Å². The Hall–Kier alpha value is -2.92. The van der Waals surface area contributed by atoms with E-state index in [1.807, 2.05) is 65.4 Å². The number of pyridine rings is 1. The Morgan fingerprint density at radius 1 is 1.12 bits per heavy atom. The van der Waals surface area contributed by atoms with Crippen molar-refractivity contribution in [3.63, 3.8) is 0 Å². The van der Waals surface area contributed by atoms with E-state index < -0.39 is 0 Å². The molecule has 3 aromatic heterocycles. The number of imidazole rings is 1. The van der Waals surface area contributed by atoms with E-state index in [1.165, 1.54) is 16.9 Å². The molecule has 0 saturated heterocycles. The summed E-state index contributed by atoms with van der Waals surface area (Å²) >= 11 is 1.44. The SMILES string of the molecule is Cc1ccn2c(NC(=O)c3cccs3)c(CCc3ccccc3)nc2c1. The second-order valence-corrected chi connectivity index (χ2v) is 7.20. The molecule has 0 radical (unpaired) electrons. The molecule has 0 saturated carbocycles. The molecule has 4 rings (SSSR count). The lowest BCUT2D eigenvalue weighted by atomic mass is 10.1. The van der Waals surface area contributed by atoms with Crippen LogP contribution in [0.5, 0.6) is 0 Å². The summed E-state index contributed by atoms with van der Waals surface area (Å²) in [6, 6.07) is 18.1. The predicted molar refractivity (Wildman–Crippen MR) is 106 cm³/mol. The van der Waals surface area contributed by atoms with Crippen molar-refractivity contribution in [2.75, 3.05) is 5.32 Å². The van der Waals surface area contributed by atoms with Gasteiger partial charge in [-0.1, -0.05) is 36.4 Å². The molecule has 0 aliphatic carbocycles. The summed E-state index contributed by atoms with van der Waals surface area (Å²) in [4.78, 5) is 18.0. The van der Waals surface area contributed by atoms with Gasteiger partial charge < -0.3 is 5.32 Å². The van der Waals surface area contributed by atoms with Gasteiger partial charge >= 0.3 is 0 Å². The van der Waals surface area contributed by atoms with E-state index in [0.717, 1.165) is 35.6 Å². The minimum absolute atomic E-state index is 0.0941. The van der Waals surface area contributed by atoms with Crippen molar-refractivity contribution in [1.82, 2.24) is 9.38 Å². The van der Waals surface area contributed by atoms with Crippen LogP contribution in [0.2, 0.25) is 0 Å². The van der Waals surface area contributed by atoms with E-state index in [2.05, 4.69) is 17.4 Å². The van der Waals surface area contributed by atoms with Crippen LogP contribution in [-0.2, 0) is 12.8 Å². The number of aromatic nitrogens is 2. The number of nitrogens with one attached hydrogen (secondary N) is 1. The Balaban J connectivity index is 1.67. The van der Waals surface area contributed by atoms with Gasteiger partial charge in [-0.25, -0.2) is 4.98 Å². The molecule has 0 fully saturated rings. The van der Waals surface area contributed by atoms with Crippen LogP contribution < -0.4 is 5.32 Å². The number of hydrogen-bond donors (Lipinski definition) is 1. The first-order valence-electron chi connectivity index (χ1n) is 8.57. The number of thiophene rings is 1. The predicted octanol–water partition coefficient (Wildman–Crippen LogP) is 4.74. The molecule has 0 aliphatic heterocycles. The molecule has 0 aliphatic rings. The summed E-state index contributed by atoms with van der Waals surface area (Å²) in [5, 5.41) is 4.97. The Kier molecular flexibility index (Phi) is 4.54. The number of aryl methyl sites for hydroxylation is 3. The summed E-state index contributed by atoms with van der Waals surface area (Å²) in [5.74, 6) is 0.665. The van der Waals surface area contributed by atoms with E-state index in [4.69, 9.17) is 4.98 Å². The van der Waals surface area contributed by atoms with Gasteiger partial charge in [0.05, 0.1) is 10.6 Å². The molecule has 4 aromatic rings. The lowest BCUT2D eigenvalue weighted by Gasteiger charge is -2.07. The van der Waals surface area contributed by atoms with Crippen molar-refractivity contribution in [3.8, 4) is 0 Å². The molecule has 1 N–H and O–H groups in total. The fourth-order valence-electron chi connectivity index (χ4n) is 2.99. The Labute approximate surface area is 156 Å². The molecular formula is C21H19N3OS. The topological polar surface area (TPSA) is 46.4 Å². The van der Waals surface area contributed by atoms with Crippen LogP contribution in [0.4, 0.5) is 5.82 Å². The Bertz CT molecular complexity index is 1040. The Morgan fingerprint density at radius 3 is 2.73 bits per heavy atom. The van der Waals surface area contributed by atoms with Crippen LogP contribution in [0, 0.1) is 6.92 Å². The van der Waals surface area contributed by atoms with Gasteiger partial charge in [-0.05, 0) is 54.5 Å². The quantitative estimate of drug-likeness (QED) is 0.558. The number of carbonyl (C=O) groups excluding carboxylic acids is 1. The lowest BCUT2D eigenvalue weighted by Crippen LogP contribution is -2.13. The minimum Gasteiger partial charge on any atom is -0.305 e. The fourth-order valence-corrected chi connectivity index (χ4v) is 3.61. The highest BCUT2D eigenvalue weighted by atomic mass is 32.1. The van der Waals surface area contributed by atoms with Crippen LogP contribution in [0.1, 0.15) is 26.5 Å². The Morgan fingerprint density at radius 2 is 1.96 bits per heavy atom. The van der Waals surface area contributed by atoms with Gasteiger partial charge in [0, 0.05) is 6.20 Å². The highest BCUT2D eigenvalue weighted by molar-refractivity contribution is 7.12. The second kappa shape index (κ2) is 7.14. The molecule has 3 heterocycles. The van der Waals surface area contributed by atoms with Crippen molar-refractivity contribution in [2.45, 2.75) is 19.8 Å². The summed E-state index contributed by atoms with van der Waals surface area (Å²) in [5.41, 5.74) is 4.17. The maximum absolute atomic E-state index is 12.6. The number of benzene rings is 1. The molecular weight excluding hydrogens is 342 g/mol. The third-order valence-electron chi connectivity index (χ3n) is 4.32. The lowest BCUT2D eigenvalue weighted by molar-refractivity contribution is 0.103. The number of hydrogen-bond acceptors (Lipinski definition) is 3. The van der Waals surface area contributed by atoms with Crippen molar-refractivity contribution in [1.29, 1.82) is 0 Å². The highest BCUT2D eigenvalue weighted by Gasteiger charge is 2.16. The first kappa shape index (κ1) is 16.5. The maximum Gasteiger partial charge on any atom is 0.266 e. The van der Waals surface area contributed by atoms with E-state index >= 15 is 0 Å². The molecule has 1 aromatic carbocycles. The fraction of sp³-hybridized carbons (Fsp3) is 0.143. The average Bonchev–Trinajstić information content (AvgIpc) is 3.29. The van der Waals surface area contributed by atoms with Gasteiger partial charge in [-0.15, -0.1) is 11.3 Å². The maximum atomic E-state index is 12.6. The van der Waals surface area contributed by atoms with Crippen LogP contribution in [-0.4, -0.2) is 15.3 Å². The largest absolute Gasteiger partial charge is 0.305 e. The molecule has 26 heavy (non-hydrogen) atoms. The first-order chi connectivity index (χ1) is 12.7. The van der Waals surface area contributed by atoms with Gasteiger partial charge in [-0.2, -0.15) is 0 Å². The first-order valence-corrected chi connectivity index (χ1v) is 9.45. The zero-order valence-electron chi connectivity index (χ0n) is 14.5. The van der Waals surface area contributed by atoms with Crippen LogP contribution in [0.3, 0.4) is 0 Å². The van der Waals surface area contributed by atoms with Gasteiger partial charge in [-0.3, -0.25) is 9.20 Å². The van der Waals surface area contributed by atoms with Crippen molar-refractivity contribution in [3.05, 3.63) is 87.9 Å². The van der Waals surface area contributed by atoms with Gasteiger partial charge in [0.1, 0.15) is 11.5 Å². The number of amides is 1. The number of anilines is 1. The van der Waals surface area contributed by atoms with Crippen LogP contribution in [0.25, 0.3) is 5.65 Å². The van der Waals surface area contributed by atoms with Crippen molar-refractivity contribution in [2.24, 2.45) is 0 Å². The number of rotatable bonds is 5. The molecule has 5 heteroatoms. The van der Waals surface area contributed by atoms with Crippen LogP contribution in [0.15, 0.2) is 66.2 Å². The molecule has 1 amide bonds. The summed E-state index contributed by atoms with van der Waals surface area (Å²) in [6.45, 7) is 2.04. The summed E-state index contributed by atoms with van der Waals surface area (Å²) < 4.78 is 1.96. The molecule has 4 nitrogen and oxygen atoms in total. The standard InChI is InChI=1S/C21H19N3OS/c1-15-11-12-24-19(14-15)22-17(10-9-16-6-3-2-4-7-16)20(24)23-21(25)18-8-5-13-26-18/h2-8,11-14H,9-10H2,1H3,(H,23,25). The third-order valence-corrected chi connectivity index (χ3v) is 5.19. The summed E-state index contributed by atoms with van der Waals surface area (Å²) in [6.07, 6.45) is 3.62. The molecule has 0 bridgehead atoms. The van der Waals surface area contributed by atoms with Gasteiger partial charge in [0.2, 0.25) is 0 Å². The average molecular weight is 361 g/mol. The second-order valence-electron chi connectivity index (χ2n) is 6.26. The molecule has 0 unspecified atom stereocenters. The van der Waals surface area contributed by atoms with E-state index in [-0.39, 0.29) is 5.91 Å². The van der Waals surface area contributed by atoms with Gasteiger partial charge in [0.25, 0.3) is 5.91 Å². The van der Waals surface area contributed by atoms with Crippen LogP contribution >= 0.6 is 11.3 Å². The smallest absolute Gasteiger partial charge is 0.266 e. The van der Waals surface area contributed by atoms with Crippen molar-refractivity contribution < 1.29 is 4.79 Å². The third kappa shape index (κ3) is 3.39.